The summed E-state index contributed by atoms with van der Waals surface area (Å²) in [5.41, 5.74) is 1.25. The molecule has 4 atom stereocenters. The largest absolute Gasteiger partial charge is 0.507 e. The molecule has 12 nitrogen and oxygen atoms in total. The van der Waals surface area contributed by atoms with Crippen molar-refractivity contribution in [2.45, 2.75) is 31.1 Å². The Morgan fingerprint density at radius 1 is 1.13 bits per heavy atom. The first-order valence-electron chi connectivity index (χ1n) is 9.46. The van der Waals surface area contributed by atoms with Crippen LogP contribution in [0.5, 0.6) is 17.2 Å². The summed E-state index contributed by atoms with van der Waals surface area (Å²) in [7, 11) is 2.98. The van der Waals surface area contributed by atoms with Crippen LogP contribution in [0.3, 0.4) is 0 Å². The maximum atomic E-state index is 10.3. The topological polar surface area (TPSA) is 164 Å². The number of aromatic hydroxyl groups is 1. The Morgan fingerprint density at radius 3 is 2.61 bits per heavy atom. The molecule has 0 radical (unpaired) electrons. The van der Waals surface area contributed by atoms with Crippen LogP contribution in [0.2, 0.25) is 0 Å². The van der Waals surface area contributed by atoms with Gasteiger partial charge in [-0.05, 0) is 0 Å². The third-order valence-electron chi connectivity index (χ3n) is 5.20. The highest BCUT2D eigenvalue weighted by Gasteiger charge is 2.44. The number of phenols is 1. The second-order valence-electron chi connectivity index (χ2n) is 6.96. The van der Waals surface area contributed by atoms with Crippen molar-refractivity contribution in [2.75, 3.05) is 26.1 Å². The van der Waals surface area contributed by atoms with Crippen molar-refractivity contribution in [1.29, 1.82) is 0 Å². The fraction of sp³-hybridized carbons (Fsp3) is 0.421. The first-order chi connectivity index (χ1) is 15.0. The Bertz CT molecular complexity index is 1080. The minimum Gasteiger partial charge on any atom is -0.507 e. The highest BCUT2D eigenvalue weighted by Crippen LogP contribution is 2.35. The number of rotatable bonds is 7. The number of nitrogens with zero attached hydrogens (tertiary/aromatic N) is 4. The van der Waals surface area contributed by atoms with Crippen LogP contribution in [0.25, 0.3) is 11.2 Å². The van der Waals surface area contributed by atoms with Crippen molar-refractivity contribution in [3.8, 4) is 17.2 Å². The molecular weight excluding hydrogens is 410 g/mol. The molecule has 1 aliphatic heterocycles. The Kier molecular flexibility index (Phi) is 5.78. The number of nitrogens with one attached hydrogen (secondary N) is 1. The number of fused-ring (bicyclic) bond motifs is 1. The molecule has 0 amide bonds. The zero-order valence-electron chi connectivity index (χ0n) is 16.8. The second kappa shape index (κ2) is 8.51. The molecule has 3 heterocycles. The van der Waals surface area contributed by atoms with Gasteiger partial charge in [-0.3, -0.25) is 4.57 Å². The van der Waals surface area contributed by atoms with Crippen LogP contribution >= 0.6 is 0 Å². The lowest BCUT2D eigenvalue weighted by Crippen LogP contribution is -2.33. The van der Waals surface area contributed by atoms with E-state index in [4.69, 9.17) is 14.2 Å². The number of methoxy groups -OCH3 is 2. The number of imidazole rings is 1. The molecule has 1 aromatic carbocycles. The number of hydrogen-bond acceptors (Lipinski definition) is 11. The average Bonchev–Trinajstić information content (AvgIpc) is 3.33. The van der Waals surface area contributed by atoms with Crippen molar-refractivity contribution in [3.05, 3.63) is 30.4 Å². The molecule has 0 unspecified atom stereocenters. The molecular formula is C19H23N5O7. The minimum atomic E-state index is -1.26. The summed E-state index contributed by atoms with van der Waals surface area (Å²) in [6, 6.07) is 3.13. The van der Waals surface area contributed by atoms with Crippen LogP contribution in [-0.4, -0.2) is 79.1 Å². The number of phenolic OH excluding ortho intramolecular Hbond substituents is 1. The van der Waals surface area contributed by atoms with E-state index in [2.05, 4.69) is 20.3 Å². The minimum absolute atomic E-state index is 0.00830. The van der Waals surface area contributed by atoms with Crippen molar-refractivity contribution >= 4 is 17.0 Å². The van der Waals surface area contributed by atoms with E-state index in [1.54, 1.807) is 6.07 Å². The normalized spacial score (nSPS) is 23.3. The van der Waals surface area contributed by atoms with Gasteiger partial charge in [0, 0.05) is 18.7 Å². The quantitative estimate of drug-likeness (QED) is 0.334. The van der Waals surface area contributed by atoms with Gasteiger partial charge in [0.05, 0.1) is 32.7 Å². The number of aromatic nitrogens is 4. The van der Waals surface area contributed by atoms with Crippen LogP contribution in [0.4, 0.5) is 5.82 Å². The van der Waals surface area contributed by atoms with Crippen LogP contribution < -0.4 is 14.8 Å². The maximum Gasteiger partial charge on any atom is 0.167 e. The summed E-state index contributed by atoms with van der Waals surface area (Å²) >= 11 is 0. The molecule has 12 heteroatoms. The third kappa shape index (κ3) is 3.70. The first-order valence-corrected chi connectivity index (χ1v) is 9.46. The molecule has 1 aliphatic rings. The van der Waals surface area contributed by atoms with Gasteiger partial charge in [-0.1, -0.05) is 0 Å². The van der Waals surface area contributed by atoms with Crippen molar-refractivity contribution in [2.24, 2.45) is 0 Å². The molecule has 31 heavy (non-hydrogen) atoms. The molecule has 0 aliphatic carbocycles. The van der Waals surface area contributed by atoms with Gasteiger partial charge in [-0.2, -0.15) is 0 Å². The molecule has 5 N–H and O–H groups in total. The van der Waals surface area contributed by atoms with E-state index in [0.717, 1.165) is 0 Å². The van der Waals surface area contributed by atoms with Gasteiger partial charge in [-0.15, -0.1) is 0 Å². The molecule has 1 saturated heterocycles. The van der Waals surface area contributed by atoms with Gasteiger partial charge in [0.2, 0.25) is 0 Å². The predicted octanol–water partition coefficient (Wildman–Crippen LogP) is -0.227. The Labute approximate surface area is 176 Å². The van der Waals surface area contributed by atoms with E-state index >= 15 is 0 Å². The molecule has 2 aromatic heterocycles. The maximum absolute atomic E-state index is 10.3. The number of hydrogen-bond donors (Lipinski definition) is 5. The van der Waals surface area contributed by atoms with Crippen molar-refractivity contribution in [3.63, 3.8) is 0 Å². The monoisotopic (exact) mass is 433 g/mol. The van der Waals surface area contributed by atoms with Gasteiger partial charge in [0.15, 0.2) is 23.2 Å². The number of benzene rings is 1. The molecule has 0 saturated carbocycles. The zero-order valence-corrected chi connectivity index (χ0v) is 16.8. The number of ether oxygens (including phenoxy) is 3. The summed E-state index contributed by atoms with van der Waals surface area (Å²) in [6.07, 6.45) is -1.65. The lowest BCUT2D eigenvalue weighted by Gasteiger charge is -2.16. The Morgan fingerprint density at radius 2 is 1.94 bits per heavy atom. The lowest BCUT2D eigenvalue weighted by molar-refractivity contribution is -0.0511. The first kappa shape index (κ1) is 21.1. The smallest absolute Gasteiger partial charge is 0.167 e. The zero-order chi connectivity index (χ0) is 22.1. The van der Waals surface area contributed by atoms with Crippen LogP contribution in [0, 0.1) is 0 Å². The van der Waals surface area contributed by atoms with Crippen LogP contribution in [-0.2, 0) is 11.3 Å². The van der Waals surface area contributed by atoms with Crippen LogP contribution in [0.1, 0.15) is 11.8 Å². The van der Waals surface area contributed by atoms with E-state index in [1.165, 1.54) is 37.5 Å². The van der Waals surface area contributed by atoms with Gasteiger partial charge >= 0.3 is 0 Å². The molecule has 0 bridgehead atoms. The number of aliphatic hydroxyl groups is 3. The second-order valence-corrected chi connectivity index (χ2v) is 6.96. The van der Waals surface area contributed by atoms with Gasteiger partial charge in [0.1, 0.15) is 41.9 Å². The van der Waals surface area contributed by atoms with E-state index in [9.17, 15) is 20.4 Å². The van der Waals surface area contributed by atoms with E-state index in [1.807, 2.05) is 0 Å². The third-order valence-corrected chi connectivity index (χ3v) is 5.20. The average molecular weight is 433 g/mol. The summed E-state index contributed by atoms with van der Waals surface area (Å²) in [6.45, 7) is -0.262. The van der Waals surface area contributed by atoms with E-state index in [0.29, 0.717) is 34.0 Å². The van der Waals surface area contributed by atoms with E-state index < -0.39 is 31.1 Å². The van der Waals surface area contributed by atoms with Crippen LogP contribution in [0.15, 0.2) is 24.8 Å². The number of aliphatic hydroxyl groups excluding tert-OH is 3. The molecule has 166 valence electrons. The van der Waals surface area contributed by atoms with Gasteiger partial charge < -0.3 is 40.0 Å². The molecule has 4 rings (SSSR count). The summed E-state index contributed by atoms with van der Waals surface area (Å²) in [5.74, 6) is 1.27. The Hall–Kier alpha value is -3.19. The summed E-state index contributed by atoms with van der Waals surface area (Å²) in [5, 5.41) is 43.1. The van der Waals surface area contributed by atoms with Gasteiger partial charge in [-0.25, -0.2) is 15.0 Å². The lowest BCUT2D eigenvalue weighted by atomic mass is 10.1. The standard InChI is InChI=1S/C19H23N5O7/c1-29-9-3-11(26)10(12(4-9)30-2)5-20-17-14-18(22-7-21-17)24(8-23-14)19-16(28)15(27)13(6-25)31-19/h3-4,7-8,13,15-16,19,25-28H,5-6H2,1-2H3,(H,20,21,22)/t13-,15-,16-,19-/m1/s1. The highest BCUT2D eigenvalue weighted by atomic mass is 16.6. The molecule has 3 aromatic rings. The SMILES string of the molecule is COc1cc(O)c(CNc2ncnc3c2ncn3[C@@H]2O[C@H](CO)[C@@H](O)[C@H]2O)c(OC)c1. The molecule has 1 fully saturated rings. The van der Waals surface area contributed by atoms with Gasteiger partial charge in [0.25, 0.3) is 0 Å². The summed E-state index contributed by atoms with van der Waals surface area (Å²) < 4.78 is 17.5. The van der Waals surface area contributed by atoms with Crippen molar-refractivity contribution < 1.29 is 34.6 Å². The van der Waals surface area contributed by atoms with Crippen molar-refractivity contribution in [1.82, 2.24) is 19.5 Å². The number of anilines is 1. The summed E-state index contributed by atoms with van der Waals surface area (Å²) in [4.78, 5) is 12.7. The molecule has 0 spiro atoms. The fourth-order valence-corrected chi connectivity index (χ4v) is 3.53. The predicted molar refractivity (Wildman–Crippen MR) is 107 cm³/mol. The Balaban J connectivity index is 1.61. The van der Waals surface area contributed by atoms with E-state index in [-0.39, 0.29) is 12.3 Å². The highest BCUT2D eigenvalue weighted by molar-refractivity contribution is 5.82. The fourth-order valence-electron chi connectivity index (χ4n) is 3.53.